The van der Waals surface area contributed by atoms with Crippen molar-refractivity contribution in [2.75, 3.05) is 39.4 Å². The van der Waals surface area contributed by atoms with Gasteiger partial charge in [-0.2, -0.15) is 0 Å². The summed E-state index contributed by atoms with van der Waals surface area (Å²) in [7, 11) is 0. The van der Waals surface area contributed by atoms with E-state index in [9.17, 15) is 4.79 Å². The Morgan fingerprint density at radius 2 is 2.00 bits per heavy atom. The Morgan fingerprint density at radius 3 is 2.64 bits per heavy atom. The van der Waals surface area contributed by atoms with Crippen molar-refractivity contribution in [2.24, 2.45) is 0 Å². The molecule has 5 nitrogen and oxygen atoms in total. The molecule has 0 bridgehead atoms. The molecule has 0 radical (unpaired) electrons. The second-order valence-electron chi connectivity index (χ2n) is 5.57. The number of rotatable bonds is 7. The third-order valence-electron chi connectivity index (χ3n) is 3.79. The highest BCUT2D eigenvalue weighted by Gasteiger charge is 2.18. The topological polar surface area (TPSA) is 50.8 Å². The molecule has 1 atom stereocenters. The molecule has 1 fully saturated rings. The van der Waals surface area contributed by atoms with Gasteiger partial charge in [-0.1, -0.05) is 24.6 Å². The lowest BCUT2D eigenvalue weighted by Crippen LogP contribution is -2.44. The molecule has 1 saturated heterocycles. The highest BCUT2D eigenvalue weighted by Crippen LogP contribution is 2.14. The molecule has 1 aromatic rings. The van der Waals surface area contributed by atoms with Gasteiger partial charge < -0.3 is 14.8 Å². The normalized spacial score (nSPS) is 17.0. The molecule has 1 N–H and O–H groups in total. The monoisotopic (exact) mass is 306 g/mol. The van der Waals surface area contributed by atoms with E-state index in [1.807, 2.05) is 38.1 Å². The van der Waals surface area contributed by atoms with Crippen molar-refractivity contribution in [3.8, 4) is 5.75 Å². The summed E-state index contributed by atoms with van der Waals surface area (Å²) in [6, 6.07) is 7.77. The van der Waals surface area contributed by atoms with Crippen molar-refractivity contribution in [2.45, 2.75) is 26.4 Å². The molecule has 2 rings (SSSR count). The zero-order valence-corrected chi connectivity index (χ0v) is 13.5. The number of ether oxygens (including phenoxy) is 2. The van der Waals surface area contributed by atoms with Gasteiger partial charge in [-0.25, -0.2) is 0 Å². The molecule has 0 unspecified atom stereocenters. The first-order valence-electron chi connectivity index (χ1n) is 8.00. The highest BCUT2D eigenvalue weighted by atomic mass is 16.5. The number of benzene rings is 1. The summed E-state index contributed by atoms with van der Waals surface area (Å²) in [5.41, 5.74) is 1.18. The average Bonchev–Trinajstić information content (AvgIpc) is 2.55. The van der Waals surface area contributed by atoms with Gasteiger partial charge in [0.05, 0.1) is 13.2 Å². The summed E-state index contributed by atoms with van der Waals surface area (Å²) in [4.78, 5) is 14.5. The van der Waals surface area contributed by atoms with E-state index in [0.717, 1.165) is 38.6 Å². The van der Waals surface area contributed by atoms with Crippen molar-refractivity contribution in [3.63, 3.8) is 0 Å². The van der Waals surface area contributed by atoms with Crippen LogP contribution in [-0.4, -0.2) is 56.3 Å². The van der Waals surface area contributed by atoms with Crippen molar-refractivity contribution in [3.05, 3.63) is 29.8 Å². The van der Waals surface area contributed by atoms with Gasteiger partial charge in [-0.05, 0) is 25.5 Å². The number of carbonyl (C=O) groups is 1. The van der Waals surface area contributed by atoms with Gasteiger partial charge in [0.25, 0.3) is 5.91 Å². The van der Waals surface area contributed by atoms with Crippen LogP contribution in [0.15, 0.2) is 24.3 Å². The number of morpholine rings is 1. The second-order valence-corrected chi connectivity index (χ2v) is 5.57. The van der Waals surface area contributed by atoms with Crippen LogP contribution in [0.3, 0.4) is 0 Å². The molecule has 22 heavy (non-hydrogen) atoms. The van der Waals surface area contributed by atoms with Gasteiger partial charge in [0.2, 0.25) is 0 Å². The Bertz CT molecular complexity index is 455. The summed E-state index contributed by atoms with van der Waals surface area (Å²) in [5, 5.41) is 2.97. The van der Waals surface area contributed by atoms with Crippen LogP contribution in [0.5, 0.6) is 5.75 Å². The standard InChI is InChI=1S/C17H26N2O3/c1-3-16(22-15-6-4-14(2)5-7-15)17(20)18-8-9-19-10-12-21-13-11-19/h4-7,16H,3,8-13H2,1-2H3,(H,18,20)/t16-/m1/s1. The number of aryl methyl sites for hydroxylation is 1. The van der Waals surface area contributed by atoms with E-state index in [1.54, 1.807) is 0 Å². The molecule has 0 aromatic heterocycles. The van der Waals surface area contributed by atoms with E-state index >= 15 is 0 Å². The first-order valence-corrected chi connectivity index (χ1v) is 8.00. The van der Waals surface area contributed by atoms with E-state index in [0.29, 0.717) is 13.0 Å². The minimum atomic E-state index is -0.438. The molecule has 0 spiro atoms. The molecule has 1 aliphatic rings. The lowest BCUT2D eigenvalue weighted by molar-refractivity contribution is -0.128. The lowest BCUT2D eigenvalue weighted by Gasteiger charge is -2.26. The van der Waals surface area contributed by atoms with Gasteiger partial charge in [0.1, 0.15) is 5.75 Å². The molecule has 1 aliphatic heterocycles. The summed E-state index contributed by atoms with van der Waals surface area (Å²) in [5.74, 6) is 0.692. The number of hydrogen-bond donors (Lipinski definition) is 1. The van der Waals surface area contributed by atoms with E-state index in [2.05, 4.69) is 10.2 Å². The fourth-order valence-corrected chi connectivity index (χ4v) is 2.38. The number of nitrogens with zero attached hydrogens (tertiary/aromatic N) is 1. The molecule has 1 aromatic carbocycles. The number of hydrogen-bond acceptors (Lipinski definition) is 4. The maximum atomic E-state index is 12.2. The SMILES string of the molecule is CC[C@@H](Oc1ccc(C)cc1)C(=O)NCCN1CCOCC1. The maximum Gasteiger partial charge on any atom is 0.261 e. The van der Waals surface area contributed by atoms with Crippen LogP contribution in [-0.2, 0) is 9.53 Å². The molecule has 5 heteroatoms. The number of amides is 1. The number of carbonyl (C=O) groups excluding carboxylic acids is 1. The molecular weight excluding hydrogens is 280 g/mol. The van der Waals surface area contributed by atoms with Crippen LogP contribution >= 0.6 is 0 Å². The van der Waals surface area contributed by atoms with E-state index in [-0.39, 0.29) is 5.91 Å². The minimum absolute atomic E-state index is 0.0451. The van der Waals surface area contributed by atoms with Crippen LogP contribution in [0, 0.1) is 6.92 Å². The lowest BCUT2D eigenvalue weighted by atomic mass is 10.2. The highest BCUT2D eigenvalue weighted by molar-refractivity contribution is 5.81. The van der Waals surface area contributed by atoms with Gasteiger partial charge in [-0.3, -0.25) is 9.69 Å². The number of nitrogens with one attached hydrogen (secondary N) is 1. The second kappa shape index (κ2) is 8.76. The fraction of sp³-hybridized carbons (Fsp3) is 0.588. The Morgan fingerprint density at radius 1 is 1.32 bits per heavy atom. The quantitative estimate of drug-likeness (QED) is 0.831. The van der Waals surface area contributed by atoms with Gasteiger partial charge >= 0.3 is 0 Å². The van der Waals surface area contributed by atoms with Crippen molar-refractivity contribution >= 4 is 5.91 Å². The molecule has 0 saturated carbocycles. The van der Waals surface area contributed by atoms with Gasteiger partial charge in [0, 0.05) is 26.2 Å². The Balaban J connectivity index is 1.74. The van der Waals surface area contributed by atoms with Crippen LogP contribution < -0.4 is 10.1 Å². The summed E-state index contributed by atoms with van der Waals surface area (Å²) in [6.07, 6.45) is 0.212. The third kappa shape index (κ3) is 5.31. The molecular formula is C17H26N2O3. The minimum Gasteiger partial charge on any atom is -0.481 e. The summed E-state index contributed by atoms with van der Waals surface area (Å²) in [6.45, 7) is 8.92. The largest absolute Gasteiger partial charge is 0.481 e. The summed E-state index contributed by atoms with van der Waals surface area (Å²) >= 11 is 0. The van der Waals surface area contributed by atoms with E-state index in [1.165, 1.54) is 5.56 Å². The smallest absolute Gasteiger partial charge is 0.261 e. The predicted molar refractivity (Wildman–Crippen MR) is 86.2 cm³/mol. The average molecular weight is 306 g/mol. The van der Waals surface area contributed by atoms with Crippen LogP contribution in [0.4, 0.5) is 0 Å². The van der Waals surface area contributed by atoms with E-state index in [4.69, 9.17) is 9.47 Å². The Hall–Kier alpha value is -1.59. The molecule has 0 aliphatic carbocycles. The van der Waals surface area contributed by atoms with Crippen LogP contribution in [0.25, 0.3) is 0 Å². The van der Waals surface area contributed by atoms with E-state index < -0.39 is 6.10 Å². The van der Waals surface area contributed by atoms with Gasteiger partial charge in [-0.15, -0.1) is 0 Å². The molecule has 122 valence electrons. The maximum absolute atomic E-state index is 12.2. The third-order valence-corrected chi connectivity index (χ3v) is 3.79. The Labute approximate surface area is 132 Å². The van der Waals surface area contributed by atoms with Crippen LogP contribution in [0.1, 0.15) is 18.9 Å². The Kier molecular flexibility index (Phi) is 6.68. The van der Waals surface area contributed by atoms with Crippen molar-refractivity contribution in [1.29, 1.82) is 0 Å². The molecule has 1 amide bonds. The first kappa shape index (κ1) is 16.8. The van der Waals surface area contributed by atoms with Crippen molar-refractivity contribution < 1.29 is 14.3 Å². The van der Waals surface area contributed by atoms with Crippen molar-refractivity contribution in [1.82, 2.24) is 10.2 Å². The first-order chi connectivity index (χ1) is 10.7. The van der Waals surface area contributed by atoms with Gasteiger partial charge in [0.15, 0.2) is 6.10 Å². The molecule has 1 heterocycles. The fourth-order valence-electron chi connectivity index (χ4n) is 2.38. The zero-order chi connectivity index (χ0) is 15.8. The predicted octanol–water partition coefficient (Wildman–Crippen LogP) is 1.60. The zero-order valence-electron chi connectivity index (χ0n) is 13.5. The summed E-state index contributed by atoms with van der Waals surface area (Å²) < 4.78 is 11.1. The van der Waals surface area contributed by atoms with Crippen LogP contribution in [0.2, 0.25) is 0 Å².